The summed E-state index contributed by atoms with van der Waals surface area (Å²) >= 11 is 0. The molecule has 0 saturated carbocycles. The van der Waals surface area contributed by atoms with Gasteiger partial charge in [-0.15, -0.1) is 0 Å². The van der Waals surface area contributed by atoms with Crippen molar-refractivity contribution < 1.29 is 19.0 Å². The molecule has 5 heteroatoms. The van der Waals surface area contributed by atoms with E-state index in [4.69, 9.17) is 14.2 Å². The average molecular weight is 319 g/mol. The lowest BCUT2D eigenvalue weighted by Gasteiger charge is -2.37. The van der Waals surface area contributed by atoms with Crippen LogP contribution < -0.4 is 5.32 Å². The Morgan fingerprint density at radius 2 is 1.96 bits per heavy atom. The van der Waals surface area contributed by atoms with Gasteiger partial charge in [-0.3, -0.25) is 4.79 Å². The van der Waals surface area contributed by atoms with Gasteiger partial charge in [0.2, 0.25) is 5.91 Å². The molecule has 0 radical (unpaired) electrons. The second-order valence-electron chi connectivity index (χ2n) is 6.83. The Bertz CT molecular complexity index is 531. The standard InChI is InChI=1S/C18H25NO4/c1-18(2)12-14(8-11-22-18)19-16(20)15-9-10-21-17(23-15)13-6-4-3-5-7-13/h3-7,14-15,17H,8-12H2,1-2H3,(H,19,20)/t14-,15+,17-/m1/s1. The smallest absolute Gasteiger partial charge is 0.249 e. The van der Waals surface area contributed by atoms with E-state index in [1.165, 1.54) is 0 Å². The maximum Gasteiger partial charge on any atom is 0.249 e. The van der Waals surface area contributed by atoms with Crippen molar-refractivity contribution in [2.45, 2.75) is 57.1 Å². The largest absolute Gasteiger partial charge is 0.375 e. The lowest BCUT2D eigenvalue weighted by Crippen LogP contribution is -2.50. The van der Waals surface area contributed by atoms with Gasteiger partial charge in [0.25, 0.3) is 0 Å². The van der Waals surface area contributed by atoms with E-state index < -0.39 is 12.4 Å². The molecule has 0 spiro atoms. The van der Waals surface area contributed by atoms with Crippen LogP contribution in [0.25, 0.3) is 0 Å². The Morgan fingerprint density at radius 3 is 2.70 bits per heavy atom. The van der Waals surface area contributed by atoms with Crippen LogP contribution in [0, 0.1) is 0 Å². The van der Waals surface area contributed by atoms with Gasteiger partial charge in [0.05, 0.1) is 12.2 Å². The van der Waals surface area contributed by atoms with Gasteiger partial charge in [-0.25, -0.2) is 0 Å². The highest BCUT2D eigenvalue weighted by Crippen LogP contribution is 2.27. The molecular formula is C18H25NO4. The number of rotatable bonds is 3. The van der Waals surface area contributed by atoms with Crippen LogP contribution >= 0.6 is 0 Å². The summed E-state index contributed by atoms with van der Waals surface area (Å²) in [4.78, 5) is 12.5. The highest BCUT2D eigenvalue weighted by molar-refractivity contribution is 5.81. The summed E-state index contributed by atoms with van der Waals surface area (Å²) in [5, 5.41) is 3.12. The topological polar surface area (TPSA) is 56.8 Å². The fourth-order valence-electron chi connectivity index (χ4n) is 3.17. The zero-order chi connectivity index (χ0) is 16.3. The van der Waals surface area contributed by atoms with Crippen molar-refractivity contribution in [1.82, 2.24) is 5.32 Å². The third kappa shape index (κ3) is 4.31. The number of carbonyl (C=O) groups excluding carboxylic acids is 1. The molecule has 3 atom stereocenters. The normalized spacial score (nSPS) is 30.6. The summed E-state index contributed by atoms with van der Waals surface area (Å²) in [6.45, 7) is 5.32. The van der Waals surface area contributed by atoms with Crippen molar-refractivity contribution in [3.8, 4) is 0 Å². The van der Waals surface area contributed by atoms with E-state index in [0.717, 1.165) is 18.4 Å². The van der Waals surface area contributed by atoms with Gasteiger partial charge in [-0.1, -0.05) is 30.3 Å². The van der Waals surface area contributed by atoms with Crippen LogP contribution in [0.1, 0.15) is 45.0 Å². The first-order valence-corrected chi connectivity index (χ1v) is 8.30. The zero-order valence-electron chi connectivity index (χ0n) is 13.8. The lowest BCUT2D eigenvalue weighted by atomic mass is 9.94. The monoisotopic (exact) mass is 319 g/mol. The molecule has 2 saturated heterocycles. The summed E-state index contributed by atoms with van der Waals surface area (Å²) in [7, 11) is 0. The average Bonchev–Trinajstić information content (AvgIpc) is 2.55. The van der Waals surface area contributed by atoms with E-state index in [0.29, 0.717) is 19.6 Å². The van der Waals surface area contributed by atoms with E-state index in [1.807, 2.05) is 30.3 Å². The molecule has 0 bridgehead atoms. The van der Waals surface area contributed by atoms with Crippen molar-refractivity contribution in [2.24, 2.45) is 0 Å². The Kier molecular flexibility index (Phi) is 4.99. The first-order valence-electron chi connectivity index (χ1n) is 8.30. The minimum atomic E-state index is -0.466. The minimum absolute atomic E-state index is 0.0445. The molecule has 1 amide bonds. The molecule has 3 rings (SSSR count). The molecule has 0 aromatic heterocycles. The van der Waals surface area contributed by atoms with E-state index in [2.05, 4.69) is 19.2 Å². The van der Waals surface area contributed by atoms with Crippen LogP contribution in [-0.4, -0.2) is 36.9 Å². The van der Waals surface area contributed by atoms with E-state index in [1.54, 1.807) is 0 Å². The van der Waals surface area contributed by atoms with Gasteiger partial charge >= 0.3 is 0 Å². The fourth-order valence-corrected chi connectivity index (χ4v) is 3.17. The molecule has 2 aliphatic rings. The Balaban J connectivity index is 1.57. The molecule has 126 valence electrons. The van der Waals surface area contributed by atoms with Gasteiger partial charge < -0.3 is 19.5 Å². The predicted octanol–water partition coefficient (Wildman–Crippen LogP) is 2.56. The van der Waals surface area contributed by atoms with Crippen LogP contribution in [-0.2, 0) is 19.0 Å². The van der Waals surface area contributed by atoms with Gasteiger partial charge in [0, 0.05) is 24.6 Å². The molecule has 2 fully saturated rings. The van der Waals surface area contributed by atoms with E-state index >= 15 is 0 Å². The molecule has 1 aromatic carbocycles. The molecule has 1 aromatic rings. The number of nitrogens with one attached hydrogen (secondary N) is 1. The number of amides is 1. The Hall–Kier alpha value is -1.43. The summed E-state index contributed by atoms with van der Waals surface area (Å²) in [5.74, 6) is -0.0445. The fraction of sp³-hybridized carbons (Fsp3) is 0.611. The first kappa shape index (κ1) is 16.4. The Morgan fingerprint density at radius 1 is 1.17 bits per heavy atom. The van der Waals surface area contributed by atoms with Gasteiger partial charge in [0.15, 0.2) is 6.29 Å². The molecule has 0 aliphatic carbocycles. The quantitative estimate of drug-likeness (QED) is 0.930. The highest BCUT2D eigenvalue weighted by Gasteiger charge is 2.34. The van der Waals surface area contributed by atoms with Crippen LogP contribution in [0.4, 0.5) is 0 Å². The molecule has 1 N–H and O–H groups in total. The van der Waals surface area contributed by atoms with Crippen molar-refractivity contribution in [3.05, 3.63) is 35.9 Å². The third-order valence-electron chi connectivity index (χ3n) is 4.34. The number of carbonyl (C=O) groups is 1. The van der Waals surface area contributed by atoms with Gasteiger partial charge in [-0.05, 0) is 26.7 Å². The van der Waals surface area contributed by atoms with Crippen molar-refractivity contribution in [3.63, 3.8) is 0 Å². The second kappa shape index (κ2) is 6.99. The second-order valence-corrected chi connectivity index (χ2v) is 6.83. The molecule has 0 unspecified atom stereocenters. The minimum Gasteiger partial charge on any atom is -0.375 e. The predicted molar refractivity (Wildman–Crippen MR) is 85.8 cm³/mol. The molecule has 2 aliphatic heterocycles. The maximum absolute atomic E-state index is 12.5. The highest BCUT2D eigenvalue weighted by atomic mass is 16.7. The maximum atomic E-state index is 12.5. The summed E-state index contributed by atoms with van der Waals surface area (Å²) in [5.41, 5.74) is 0.761. The summed E-state index contributed by atoms with van der Waals surface area (Å²) in [6, 6.07) is 9.88. The number of ether oxygens (including phenoxy) is 3. The SMILES string of the molecule is CC1(C)C[C@H](NC(=O)[C@@H]2CCO[C@@H](c3ccccc3)O2)CCO1. The summed E-state index contributed by atoms with van der Waals surface area (Å²) in [6.07, 6.45) is 1.33. The van der Waals surface area contributed by atoms with Crippen LogP contribution in [0.15, 0.2) is 30.3 Å². The van der Waals surface area contributed by atoms with E-state index in [-0.39, 0.29) is 17.6 Å². The number of hydrogen-bond donors (Lipinski definition) is 1. The van der Waals surface area contributed by atoms with Crippen LogP contribution in [0.2, 0.25) is 0 Å². The van der Waals surface area contributed by atoms with Gasteiger partial charge in [-0.2, -0.15) is 0 Å². The molecule has 2 heterocycles. The molecular weight excluding hydrogens is 294 g/mol. The first-order chi connectivity index (χ1) is 11.0. The lowest BCUT2D eigenvalue weighted by molar-refractivity contribution is -0.217. The van der Waals surface area contributed by atoms with Crippen molar-refractivity contribution in [1.29, 1.82) is 0 Å². The number of benzene rings is 1. The third-order valence-corrected chi connectivity index (χ3v) is 4.34. The Labute approximate surface area is 137 Å². The van der Waals surface area contributed by atoms with Crippen LogP contribution in [0.3, 0.4) is 0 Å². The summed E-state index contributed by atoms with van der Waals surface area (Å²) < 4.78 is 17.2. The van der Waals surface area contributed by atoms with E-state index in [9.17, 15) is 4.79 Å². The van der Waals surface area contributed by atoms with Gasteiger partial charge in [0.1, 0.15) is 6.10 Å². The zero-order valence-corrected chi connectivity index (χ0v) is 13.8. The van der Waals surface area contributed by atoms with Crippen LogP contribution in [0.5, 0.6) is 0 Å². The molecule has 23 heavy (non-hydrogen) atoms. The van der Waals surface area contributed by atoms with Crippen molar-refractivity contribution >= 4 is 5.91 Å². The molecule has 5 nitrogen and oxygen atoms in total. The van der Waals surface area contributed by atoms with Crippen molar-refractivity contribution in [2.75, 3.05) is 13.2 Å². The number of hydrogen-bond acceptors (Lipinski definition) is 4.